The van der Waals surface area contributed by atoms with Gasteiger partial charge in [0.15, 0.2) is 17.0 Å². The normalized spacial score (nSPS) is 14.5. The van der Waals surface area contributed by atoms with Crippen molar-refractivity contribution in [1.29, 1.82) is 5.26 Å². The molecule has 0 aromatic carbocycles. The molecule has 3 aromatic heterocycles. The first-order chi connectivity index (χ1) is 13.7. The van der Waals surface area contributed by atoms with E-state index in [0.29, 0.717) is 29.6 Å². The number of methoxy groups -OCH3 is 1. The summed E-state index contributed by atoms with van der Waals surface area (Å²) in [5.74, 6) is 1.54. The lowest BCUT2D eigenvalue weighted by Crippen LogP contribution is -2.47. The van der Waals surface area contributed by atoms with Crippen molar-refractivity contribution in [1.82, 2.24) is 24.5 Å². The number of ether oxygens (including phenoxy) is 1. The predicted octanol–water partition coefficient (Wildman–Crippen LogP) is 1.72. The van der Waals surface area contributed by atoms with Crippen LogP contribution in [0, 0.1) is 11.3 Å². The summed E-state index contributed by atoms with van der Waals surface area (Å²) in [6.07, 6.45) is 4.90. The number of fused-ring (bicyclic) bond motifs is 1. The van der Waals surface area contributed by atoms with Crippen molar-refractivity contribution in [3.63, 3.8) is 0 Å². The maximum atomic E-state index is 8.96. The fourth-order valence-corrected chi connectivity index (χ4v) is 3.59. The number of anilines is 2. The second-order valence-electron chi connectivity index (χ2n) is 6.42. The molecule has 0 aliphatic carbocycles. The van der Waals surface area contributed by atoms with E-state index in [1.807, 2.05) is 4.57 Å². The lowest BCUT2D eigenvalue weighted by atomic mass is 10.2. The van der Waals surface area contributed by atoms with Crippen LogP contribution in [0.25, 0.3) is 11.2 Å². The maximum Gasteiger partial charge on any atom is 0.165 e. The minimum atomic E-state index is 0.458. The average molecular weight is 399 g/mol. The van der Waals surface area contributed by atoms with Gasteiger partial charge in [0, 0.05) is 46.0 Å². The summed E-state index contributed by atoms with van der Waals surface area (Å²) in [7, 11) is 1.67. The van der Waals surface area contributed by atoms with Gasteiger partial charge in [-0.15, -0.1) is 0 Å². The number of aromatic nitrogens is 5. The fourth-order valence-electron chi connectivity index (χ4n) is 3.31. The highest BCUT2D eigenvalue weighted by molar-refractivity contribution is 6.33. The Morgan fingerprint density at radius 1 is 1.11 bits per heavy atom. The number of hydrogen-bond donors (Lipinski definition) is 0. The second kappa shape index (κ2) is 7.96. The van der Waals surface area contributed by atoms with E-state index in [1.54, 1.807) is 32.0 Å². The molecule has 1 aliphatic heterocycles. The van der Waals surface area contributed by atoms with Gasteiger partial charge in [-0.3, -0.25) is 0 Å². The van der Waals surface area contributed by atoms with Gasteiger partial charge in [-0.1, -0.05) is 11.6 Å². The molecule has 0 atom stereocenters. The molecule has 1 fully saturated rings. The van der Waals surface area contributed by atoms with Crippen LogP contribution >= 0.6 is 11.6 Å². The molecular weight excluding hydrogens is 380 g/mol. The van der Waals surface area contributed by atoms with Crippen molar-refractivity contribution in [2.24, 2.45) is 0 Å². The number of nitriles is 1. The zero-order valence-electron chi connectivity index (χ0n) is 15.4. The summed E-state index contributed by atoms with van der Waals surface area (Å²) >= 11 is 6.30. The first kappa shape index (κ1) is 18.4. The quantitative estimate of drug-likeness (QED) is 0.641. The van der Waals surface area contributed by atoms with Crippen molar-refractivity contribution in [2.75, 3.05) is 49.7 Å². The van der Waals surface area contributed by atoms with E-state index in [4.69, 9.17) is 21.6 Å². The van der Waals surface area contributed by atoms with Crippen LogP contribution in [0.4, 0.5) is 11.6 Å². The Kier molecular flexibility index (Phi) is 5.23. The molecule has 0 N–H and O–H groups in total. The largest absolute Gasteiger partial charge is 0.383 e. The number of rotatable bonds is 5. The standard InChI is InChI=1S/C18H19ClN8O/c1-28-7-6-27-12-24-15-17(22-11-23-18(15)27)26-4-2-25(3-5-26)16-14(19)8-13(9-20)10-21-16/h8,10-12H,2-7H2,1H3. The molecule has 1 saturated heterocycles. The molecule has 0 spiro atoms. The summed E-state index contributed by atoms with van der Waals surface area (Å²) < 4.78 is 7.12. The molecule has 0 unspecified atom stereocenters. The van der Waals surface area contributed by atoms with Gasteiger partial charge in [-0.05, 0) is 6.07 Å². The Morgan fingerprint density at radius 3 is 2.54 bits per heavy atom. The number of halogens is 1. The third-order valence-corrected chi connectivity index (χ3v) is 5.03. The van der Waals surface area contributed by atoms with Crippen LogP contribution in [0.1, 0.15) is 5.56 Å². The van der Waals surface area contributed by atoms with Gasteiger partial charge in [-0.2, -0.15) is 5.26 Å². The van der Waals surface area contributed by atoms with Gasteiger partial charge >= 0.3 is 0 Å². The number of imidazole rings is 1. The predicted molar refractivity (Wildman–Crippen MR) is 106 cm³/mol. The van der Waals surface area contributed by atoms with E-state index in [1.165, 1.54) is 0 Å². The van der Waals surface area contributed by atoms with Crippen LogP contribution in [0.15, 0.2) is 24.9 Å². The van der Waals surface area contributed by atoms with Crippen LogP contribution in [-0.2, 0) is 11.3 Å². The molecule has 0 saturated carbocycles. The number of nitrogens with zero attached hydrogens (tertiary/aromatic N) is 8. The van der Waals surface area contributed by atoms with Gasteiger partial charge in [0.25, 0.3) is 0 Å². The second-order valence-corrected chi connectivity index (χ2v) is 6.82. The third-order valence-electron chi connectivity index (χ3n) is 4.75. The van der Waals surface area contributed by atoms with Crippen molar-refractivity contribution < 1.29 is 4.74 Å². The smallest absolute Gasteiger partial charge is 0.165 e. The van der Waals surface area contributed by atoms with E-state index in [0.717, 1.165) is 43.2 Å². The van der Waals surface area contributed by atoms with Gasteiger partial charge in [0.2, 0.25) is 0 Å². The molecule has 0 amide bonds. The van der Waals surface area contributed by atoms with Gasteiger partial charge in [0.1, 0.15) is 18.2 Å². The van der Waals surface area contributed by atoms with Crippen molar-refractivity contribution in [3.8, 4) is 6.07 Å². The maximum absolute atomic E-state index is 8.96. The Labute approximate surface area is 167 Å². The molecule has 0 radical (unpaired) electrons. The van der Waals surface area contributed by atoms with E-state index in [2.05, 4.69) is 35.8 Å². The minimum Gasteiger partial charge on any atom is -0.383 e. The van der Waals surface area contributed by atoms with Crippen LogP contribution in [0.5, 0.6) is 0 Å². The third kappa shape index (κ3) is 3.44. The molecule has 3 aromatic rings. The first-order valence-corrected chi connectivity index (χ1v) is 9.29. The molecule has 4 rings (SSSR count). The molecule has 28 heavy (non-hydrogen) atoms. The monoisotopic (exact) mass is 398 g/mol. The van der Waals surface area contributed by atoms with E-state index < -0.39 is 0 Å². The summed E-state index contributed by atoms with van der Waals surface area (Å²) in [5.41, 5.74) is 2.06. The molecular formula is C18H19ClN8O. The van der Waals surface area contributed by atoms with Gasteiger partial charge < -0.3 is 19.1 Å². The SMILES string of the molecule is COCCn1cnc2c(N3CCN(c4ncc(C#N)cc4Cl)CC3)ncnc21. The number of pyridine rings is 1. The number of hydrogen-bond acceptors (Lipinski definition) is 8. The zero-order valence-corrected chi connectivity index (χ0v) is 16.2. The number of piperazine rings is 1. The van der Waals surface area contributed by atoms with Crippen LogP contribution in [0.2, 0.25) is 5.02 Å². The Hall–Kier alpha value is -2.96. The fraction of sp³-hybridized carbons (Fsp3) is 0.389. The van der Waals surface area contributed by atoms with Crippen molar-refractivity contribution in [3.05, 3.63) is 35.5 Å². The molecule has 10 heteroatoms. The Morgan fingerprint density at radius 2 is 1.86 bits per heavy atom. The summed E-state index contributed by atoms with van der Waals surface area (Å²) in [5, 5.41) is 9.46. The van der Waals surface area contributed by atoms with Crippen LogP contribution in [0.3, 0.4) is 0 Å². The molecule has 0 bridgehead atoms. The lowest BCUT2D eigenvalue weighted by Gasteiger charge is -2.36. The minimum absolute atomic E-state index is 0.458. The van der Waals surface area contributed by atoms with E-state index in [9.17, 15) is 0 Å². The highest BCUT2D eigenvalue weighted by Crippen LogP contribution is 2.27. The van der Waals surface area contributed by atoms with E-state index in [-0.39, 0.29) is 0 Å². The van der Waals surface area contributed by atoms with Gasteiger partial charge in [0.05, 0.1) is 23.5 Å². The topological polar surface area (TPSA) is 96.0 Å². The summed E-state index contributed by atoms with van der Waals surface area (Å²) in [6.45, 7) is 4.30. The summed E-state index contributed by atoms with van der Waals surface area (Å²) in [6, 6.07) is 3.70. The lowest BCUT2D eigenvalue weighted by molar-refractivity contribution is 0.188. The highest BCUT2D eigenvalue weighted by Gasteiger charge is 2.23. The Bertz CT molecular complexity index is 1020. The highest BCUT2D eigenvalue weighted by atomic mass is 35.5. The van der Waals surface area contributed by atoms with Crippen molar-refractivity contribution >= 4 is 34.4 Å². The van der Waals surface area contributed by atoms with E-state index >= 15 is 0 Å². The zero-order chi connectivity index (χ0) is 19.5. The molecule has 144 valence electrons. The van der Waals surface area contributed by atoms with Crippen molar-refractivity contribution in [2.45, 2.75) is 6.54 Å². The van der Waals surface area contributed by atoms with Crippen LogP contribution in [-0.4, -0.2) is 64.4 Å². The van der Waals surface area contributed by atoms with Gasteiger partial charge in [-0.25, -0.2) is 19.9 Å². The average Bonchev–Trinajstić information content (AvgIpc) is 3.15. The molecule has 9 nitrogen and oxygen atoms in total. The Balaban J connectivity index is 1.51. The first-order valence-electron chi connectivity index (χ1n) is 8.91. The van der Waals surface area contributed by atoms with Crippen LogP contribution < -0.4 is 9.80 Å². The molecule has 1 aliphatic rings. The molecule has 4 heterocycles. The summed E-state index contributed by atoms with van der Waals surface area (Å²) in [4.78, 5) is 22.0.